The van der Waals surface area contributed by atoms with E-state index in [1.54, 1.807) is 17.0 Å². The summed E-state index contributed by atoms with van der Waals surface area (Å²) in [6.07, 6.45) is 0. The topological polar surface area (TPSA) is 89.4 Å². The highest BCUT2D eigenvalue weighted by atomic mass is 35.5. The molecule has 1 aromatic carbocycles. The van der Waals surface area contributed by atoms with Gasteiger partial charge in [-0.1, -0.05) is 23.7 Å². The molecule has 98 valence electrons. The molecule has 0 radical (unpaired) electrons. The maximum Gasteiger partial charge on any atom is 0.231 e. The van der Waals surface area contributed by atoms with Gasteiger partial charge < -0.3 is 11.5 Å². The van der Waals surface area contributed by atoms with Gasteiger partial charge in [0.1, 0.15) is 0 Å². The lowest BCUT2D eigenvalue weighted by molar-refractivity contribution is -0.122. The number of hydrogen-bond acceptors (Lipinski definition) is 3. The zero-order valence-electron chi connectivity index (χ0n) is 10.1. The predicted octanol–water partition coefficient (Wildman–Crippen LogP) is 0.674. The highest BCUT2D eigenvalue weighted by Crippen LogP contribution is 2.21. The van der Waals surface area contributed by atoms with Gasteiger partial charge in [-0.3, -0.25) is 14.5 Å². The Bertz CT molecular complexity index is 417. The molecule has 1 unspecified atom stereocenters. The van der Waals surface area contributed by atoms with Crippen LogP contribution < -0.4 is 11.5 Å². The summed E-state index contributed by atoms with van der Waals surface area (Å²) in [6, 6.07) is 7.02. The molecule has 18 heavy (non-hydrogen) atoms. The van der Waals surface area contributed by atoms with Crippen molar-refractivity contribution in [3.63, 3.8) is 0 Å². The van der Waals surface area contributed by atoms with Crippen LogP contribution in [0.3, 0.4) is 0 Å². The van der Waals surface area contributed by atoms with Crippen molar-refractivity contribution in [1.29, 1.82) is 0 Å². The smallest absolute Gasteiger partial charge is 0.231 e. The van der Waals surface area contributed by atoms with E-state index in [2.05, 4.69) is 0 Å². The van der Waals surface area contributed by atoms with E-state index in [0.29, 0.717) is 5.02 Å². The minimum absolute atomic E-state index is 0.0211. The third-order valence-corrected chi connectivity index (χ3v) is 2.87. The van der Waals surface area contributed by atoms with E-state index in [1.807, 2.05) is 19.1 Å². The maximum absolute atomic E-state index is 11.0. The molecule has 1 aromatic rings. The lowest BCUT2D eigenvalue weighted by Gasteiger charge is -2.26. The highest BCUT2D eigenvalue weighted by Gasteiger charge is 2.19. The first kappa shape index (κ1) is 14.5. The molecule has 0 spiro atoms. The number of nitrogens with zero attached hydrogens (tertiary/aromatic N) is 1. The highest BCUT2D eigenvalue weighted by molar-refractivity contribution is 6.30. The molecule has 1 atom stereocenters. The van der Waals surface area contributed by atoms with Crippen LogP contribution in [0.25, 0.3) is 0 Å². The average Bonchev–Trinajstić information content (AvgIpc) is 2.27. The monoisotopic (exact) mass is 269 g/mol. The molecule has 4 N–H and O–H groups in total. The molecular formula is C12H16ClN3O2. The Morgan fingerprint density at radius 1 is 1.17 bits per heavy atom. The zero-order valence-corrected chi connectivity index (χ0v) is 10.9. The van der Waals surface area contributed by atoms with Gasteiger partial charge in [-0.05, 0) is 24.6 Å². The summed E-state index contributed by atoms with van der Waals surface area (Å²) < 4.78 is 0. The Morgan fingerprint density at radius 3 is 2.00 bits per heavy atom. The summed E-state index contributed by atoms with van der Waals surface area (Å²) in [5, 5.41) is 0.627. The van der Waals surface area contributed by atoms with E-state index in [-0.39, 0.29) is 19.1 Å². The van der Waals surface area contributed by atoms with Crippen LogP contribution in [0.4, 0.5) is 0 Å². The summed E-state index contributed by atoms with van der Waals surface area (Å²) in [6.45, 7) is 1.83. The molecule has 2 amide bonds. The van der Waals surface area contributed by atoms with Crippen molar-refractivity contribution in [1.82, 2.24) is 4.90 Å². The Labute approximate surface area is 111 Å². The van der Waals surface area contributed by atoms with Crippen LogP contribution >= 0.6 is 11.6 Å². The van der Waals surface area contributed by atoms with Gasteiger partial charge in [-0.2, -0.15) is 0 Å². The van der Waals surface area contributed by atoms with Crippen molar-refractivity contribution in [3.05, 3.63) is 34.9 Å². The van der Waals surface area contributed by atoms with Crippen molar-refractivity contribution >= 4 is 23.4 Å². The standard InChI is InChI=1S/C12H16ClN3O2/c1-8(9-2-4-10(13)5-3-9)16(6-11(14)17)7-12(15)18/h2-5,8H,6-7H2,1H3,(H2,14,17)(H2,15,18). The van der Waals surface area contributed by atoms with Crippen LogP contribution in [0.5, 0.6) is 0 Å². The molecule has 0 heterocycles. The summed E-state index contributed by atoms with van der Waals surface area (Å²) in [5.74, 6) is -1.01. The van der Waals surface area contributed by atoms with Crippen molar-refractivity contribution in [2.75, 3.05) is 13.1 Å². The Morgan fingerprint density at radius 2 is 1.61 bits per heavy atom. The number of nitrogens with two attached hydrogens (primary N) is 2. The molecule has 0 saturated heterocycles. The second kappa shape index (κ2) is 6.37. The Balaban J connectivity index is 2.86. The third kappa shape index (κ3) is 4.35. The second-order valence-corrected chi connectivity index (χ2v) is 4.50. The number of primary amides is 2. The van der Waals surface area contributed by atoms with Gasteiger partial charge in [0.05, 0.1) is 13.1 Å². The lowest BCUT2D eigenvalue weighted by atomic mass is 10.1. The lowest BCUT2D eigenvalue weighted by Crippen LogP contribution is -2.41. The second-order valence-electron chi connectivity index (χ2n) is 4.07. The first-order valence-electron chi connectivity index (χ1n) is 5.46. The van der Waals surface area contributed by atoms with Crippen molar-refractivity contribution in [3.8, 4) is 0 Å². The summed E-state index contributed by atoms with van der Waals surface area (Å²) in [4.78, 5) is 23.6. The molecule has 0 fully saturated rings. The SMILES string of the molecule is CC(c1ccc(Cl)cc1)N(CC(N)=O)CC(N)=O. The van der Waals surface area contributed by atoms with Crippen molar-refractivity contribution in [2.45, 2.75) is 13.0 Å². The van der Waals surface area contributed by atoms with E-state index in [9.17, 15) is 9.59 Å². The number of amides is 2. The van der Waals surface area contributed by atoms with Gasteiger partial charge in [-0.15, -0.1) is 0 Å². The average molecular weight is 270 g/mol. The van der Waals surface area contributed by atoms with Crippen LogP contribution in [-0.2, 0) is 9.59 Å². The van der Waals surface area contributed by atoms with Crippen LogP contribution in [0, 0.1) is 0 Å². The van der Waals surface area contributed by atoms with Crippen LogP contribution in [0.1, 0.15) is 18.5 Å². The van der Waals surface area contributed by atoms with Gasteiger partial charge in [0.25, 0.3) is 0 Å². The van der Waals surface area contributed by atoms with E-state index in [0.717, 1.165) is 5.56 Å². The van der Waals surface area contributed by atoms with E-state index in [4.69, 9.17) is 23.1 Å². The molecule has 0 saturated carbocycles. The molecule has 0 aromatic heterocycles. The summed E-state index contributed by atoms with van der Waals surface area (Å²) >= 11 is 5.80. The summed E-state index contributed by atoms with van der Waals surface area (Å²) in [5.41, 5.74) is 11.2. The fourth-order valence-corrected chi connectivity index (χ4v) is 1.81. The number of rotatable bonds is 6. The molecule has 1 rings (SSSR count). The Hall–Kier alpha value is -1.59. The normalized spacial score (nSPS) is 12.4. The van der Waals surface area contributed by atoms with Crippen LogP contribution in [-0.4, -0.2) is 29.8 Å². The Kier molecular flexibility index (Phi) is 5.12. The van der Waals surface area contributed by atoms with Gasteiger partial charge in [0.2, 0.25) is 11.8 Å². The molecule has 0 aliphatic rings. The van der Waals surface area contributed by atoms with E-state index < -0.39 is 11.8 Å². The molecule has 0 aliphatic carbocycles. The predicted molar refractivity (Wildman–Crippen MR) is 69.8 cm³/mol. The van der Waals surface area contributed by atoms with Gasteiger partial charge in [0, 0.05) is 11.1 Å². The molecule has 0 aliphatic heterocycles. The molecule has 6 heteroatoms. The third-order valence-electron chi connectivity index (χ3n) is 2.62. The number of hydrogen-bond donors (Lipinski definition) is 2. The largest absolute Gasteiger partial charge is 0.369 e. The van der Waals surface area contributed by atoms with E-state index >= 15 is 0 Å². The number of carbonyl (C=O) groups excluding carboxylic acids is 2. The van der Waals surface area contributed by atoms with Gasteiger partial charge in [0.15, 0.2) is 0 Å². The van der Waals surface area contributed by atoms with Gasteiger partial charge >= 0.3 is 0 Å². The maximum atomic E-state index is 11.0. The number of halogens is 1. The van der Waals surface area contributed by atoms with Crippen LogP contribution in [0.2, 0.25) is 5.02 Å². The minimum Gasteiger partial charge on any atom is -0.369 e. The first-order valence-corrected chi connectivity index (χ1v) is 5.84. The van der Waals surface area contributed by atoms with Crippen molar-refractivity contribution in [2.24, 2.45) is 11.5 Å². The fraction of sp³-hybridized carbons (Fsp3) is 0.333. The van der Waals surface area contributed by atoms with Crippen molar-refractivity contribution < 1.29 is 9.59 Å². The van der Waals surface area contributed by atoms with Crippen LogP contribution in [0.15, 0.2) is 24.3 Å². The molecule has 0 bridgehead atoms. The van der Waals surface area contributed by atoms with Gasteiger partial charge in [-0.25, -0.2) is 0 Å². The number of carbonyl (C=O) groups is 2. The molecular weight excluding hydrogens is 254 g/mol. The fourth-order valence-electron chi connectivity index (χ4n) is 1.68. The quantitative estimate of drug-likeness (QED) is 0.796. The summed E-state index contributed by atoms with van der Waals surface area (Å²) in [7, 11) is 0. The minimum atomic E-state index is -0.503. The number of benzene rings is 1. The first-order chi connectivity index (χ1) is 8.40. The molecule has 5 nitrogen and oxygen atoms in total. The van der Waals surface area contributed by atoms with E-state index in [1.165, 1.54) is 0 Å². The zero-order chi connectivity index (χ0) is 13.7.